The van der Waals surface area contributed by atoms with Crippen molar-refractivity contribution in [2.45, 2.75) is 180 Å². The van der Waals surface area contributed by atoms with Crippen LogP contribution in [0.5, 0.6) is 0 Å². The van der Waals surface area contributed by atoms with Crippen LogP contribution in [0.25, 0.3) is 0 Å². The molecule has 4 heteroatoms. The summed E-state index contributed by atoms with van der Waals surface area (Å²) in [7, 11) is 0. The van der Waals surface area contributed by atoms with Crippen molar-refractivity contribution in [1.29, 1.82) is 0 Å². The Morgan fingerprint density at radius 3 is 1.52 bits per heavy atom. The molecule has 0 bridgehead atoms. The van der Waals surface area contributed by atoms with Crippen LogP contribution in [0.4, 0.5) is 0 Å². The predicted molar refractivity (Wildman–Crippen MR) is 184 cm³/mol. The maximum Gasteiger partial charge on any atom is 0.220 e. The lowest BCUT2D eigenvalue weighted by molar-refractivity contribution is -0.123. The highest BCUT2D eigenvalue weighted by atomic mass is 16.3. The second kappa shape index (κ2) is 33.8. The average Bonchev–Trinajstić information content (AvgIpc) is 2.99. The molecule has 1 amide bonds. The maximum absolute atomic E-state index is 12.3. The quantitative estimate of drug-likeness (QED) is 0.0558. The van der Waals surface area contributed by atoms with Crippen LogP contribution in [-0.4, -0.2) is 34.9 Å². The van der Waals surface area contributed by atoms with E-state index in [0.717, 1.165) is 57.8 Å². The second-order valence-electron chi connectivity index (χ2n) is 11.9. The summed E-state index contributed by atoms with van der Waals surface area (Å²) in [5.41, 5.74) is 0. The molecule has 0 aromatic carbocycles. The monoisotopic (exact) mass is 588 g/mol. The number of rotatable bonds is 31. The fourth-order valence-electron chi connectivity index (χ4n) is 5.11. The standard InChI is InChI=1S/C38H69NO3/c1-3-5-7-9-11-13-15-17-19-21-23-25-27-29-31-33-37(41)36(35-40)39-38(42)34-32-30-28-26-24-22-20-18-16-14-12-10-8-6-4-2/h6,8,12,14,18,20,24,26,36-37,40-41H,3-5,7,9-11,13,15-17,19,21-23,25,27-35H2,1-2H3,(H,39,42)/b8-6-,14-12-,20-18-,26-24-. The summed E-state index contributed by atoms with van der Waals surface area (Å²) in [5, 5.41) is 23.0. The molecule has 0 aliphatic carbocycles. The number of aliphatic hydroxyl groups excluding tert-OH is 2. The Morgan fingerprint density at radius 1 is 0.595 bits per heavy atom. The van der Waals surface area contributed by atoms with Crippen molar-refractivity contribution in [3.05, 3.63) is 48.6 Å². The van der Waals surface area contributed by atoms with Crippen molar-refractivity contribution in [2.24, 2.45) is 0 Å². The SMILES string of the molecule is CC/C=C\C/C=C\C/C=C\C/C=C\CCCCC(=O)NC(CO)C(O)CCCCCCCCCCCCCCCCC. The first-order valence-corrected chi connectivity index (χ1v) is 17.8. The predicted octanol–water partition coefficient (Wildman–Crippen LogP) is 10.5. The summed E-state index contributed by atoms with van der Waals surface area (Å²) in [4.78, 5) is 12.3. The van der Waals surface area contributed by atoms with Crippen LogP contribution in [0.3, 0.4) is 0 Å². The number of carbonyl (C=O) groups is 1. The fourth-order valence-corrected chi connectivity index (χ4v) is 5.11. The zero-order valence-electron chi connectivity index (χ0n) is 27.8. The molecule has 0 heterocycles. The lowest BCUT2D eigenvalue weighted by Gasteiger charge is -2.22. The summed E-state index contributed by atoms with van der Waals surface area (Å²) in [6, 6.07) is -0.557. The van der Waals surface area contributed by atoms with Gasteiger partial charge >= 0.3 is 0 Å². The van der Waals surface area contributed by atoms with Gasteiger partial charge in [-0.3, -0.25) is 4.79 Å². The van der Waals surface area contributed by atoms with Gasteiger partial charge < -0.3 is 15.5 Å². The second-order valence-corrected chi connectivity index (χ2v) is 11.9. The van der Waals surface area contributed by atoms with E-state index in [-0.39, 0.29) is 12.5 Å². The minimum Gasteiger partial charge on any atom is -0.394 e. The lowest BCUT2D eigenvalue weighted by atomic mass is 10.0. The molecular weight excluding hydrogens is 518 g/mol. The third-order valence-electron chi connectivity index (χ3n) is 7.85. The third kappa shape index (κ3) is 29.8. The average molecular weight is 588 g/mol. The molecule has 2 unspecified atom stereocenters. The molecule has 0 saturated heterocycles. The van der Waals surface area contributed by atoms with E-state index in [1.807, 2.05) is 0 Å². The number of allylic oxidation sites excluding steroid dienone is 8. The van der Waals surface area contributed by atoms with E-state index in [2.05, 4.69) is 67.8 Å². The highest BCUT2D eigenvalue weighted by Gasteiger charge is 2.19. The maximum atomic E-state index is 12.3. The third-order valence-corrected chi connectivity index (χ3v) is 7.85. The van der Waals surface area contributed by atoms with Gasteiger partial charge in [0.15, 0.2) is 0 Å². The molecule has 2 atom stereocenters. The Bertz CT molecular complexity index is 682. The largest absolute Gasteiger partial charge is 0.394 e. The number of unbranched alkanes of at least 4 members (excludes halogenated alkanes) is 16. The van der Waals surface area contributed by atoms with Crippen molar-refractivity contribution in [2.75, 3.05) is 6.61 Å². The number of amides is 1. The first-order chi connectivity index (χ1) is 20.7. The molecule has 0 aromatic rings. The Morgan fingerprint density at radius 2 is 1.05 bits per heavy atom. The molecule has 0 rings (SSSR count). The summed E-state index contributed by atoms with van der Waals surface area (Å²) < 4.78 is 0. The van der Waals surface area contributed by atoms with Gasteiger partial charge in [0.05, 0.1) is 18.8 Å². The molecule has 0 aliphatic heterocycles. The van der Waals surface area contributed by atoms with E-state index >= 15 is 0 Å². The smallest absolute Gasteiger partial charge is 0.220 e. The first kappa shape index (κ1) is 40.4. The van der Waals surface area contributed by atoms with Crippen molar-refractivity contribution in [3.63, 3.8) is 0 Å². The minimum absolute atomic E-state index is 0.0743. The minimum atomic E-state index is -0.676. The van der Waals surface area contributed by atoms with E-state index in [4.69, 9.17) is 0 Å². The van der Waals surface area contributed by atoms with Crippen LogP contribution in [0, 0.1) is 0 Å². The summed E-state index contributed by atoms with van der Waals surface area (Å²) in [5.74, 6) is -0.0743. The van der Waals surface area contributed by atoms with Gasteiger partial charge in [0.25, 0.3) is 0 Å². The normalized spacial score (nSPS) is 13.7. The highest BCUT2D eigenvalue weighted by molar-refractivity contribution is 5.76. The summed E-state index contributed by atoms with van der Waals surface area (Å²) in [6.45, 7) is 4.21. The molecule has 0 fully saturated rings. The highest BCUT2D eigenvalue weighted by Crippen LogP contribution is 2.15. The van der Waals surface area contributed by atoms with Crippen LogP contribution >= 0.6 is 0 Å². The van der Waals surface area contributed by atoms with E-state index < -0.39 is 12.1 Å². The molecule has 3 N–H and O–H groups in total. The first-order valence-electron chi connectivity index (χ1n) is 17.8. The van der Waals surface area contributed by atoms with E-state index in [1.54, 1.807) is 0 Å². The number of hydrogen-bond acceptors (Lipinski definition) is 3. The summed E-state index contributed by atoms with van der Waals surface area (Å²) >= 11 is 0. The van der Waals surface area contributed by atoms with Gasteiger partial charge in [-0.25, -0.2) is 0 Å². The zero-order valence-corrected chi connectivity index (χ0v) is 27.8. The molecule has 0 saturated carbocycles. The molecule has 42 heavy (non-hydrogen) atoms. The number of carbonyl (C=O) groups excluding carboxylic acids is 1. The zero-order chi connectivity index (χ0) is 30.8. The van der Waals surface area contributed by atoms with Crippen molar-refractivity contribution >= 4 is 5.91 Å². The number of nitrogens with one attached hydrogen (secondary N) is 1. The van der Waals surface area contributed by atoms with Crippen molar-refractivity contribution in [1.82, 2.24) is 5.32 Å². The Kier molecular flexibility index (Phi) is 32.5. The van der Waals surface area contributed by atoms with Crippen molar-refractivity contribution < 1.29 is 15.0 Å². The Balaban J connectivity index is 3.67. The molecular formula is C38H69NO3. The van der Waals surface area contributed by atoms with Gasteiger partial charge in [0, 0.05) is 6.42 Å². The van der Waals surface area contributed by atoms with Crippen LogP contribution in [0.2, 0.25) is 0 Å². The topological polar surface area (TPSA) is 69.6 Å². The van der Waals surface area contributed by atoms with Crippen LogP contribution in [0.15, 0.2) is 48.6 Å². The Hall–Kier alpha value is -1.65. The molecule has 0 aromatic heterocycles. The van der Waals surface area contributed by atoms with Crippen molar-refractivity contribution in [3.8, 4) is 0 Å². The van der Waals surface area contributed by atoms with E-state index in [9.17, 15) is 15.0 Å². The molecule has 0 aliphatic rings. The van der Waals surface area contributed by atoms with Crippen LogP contribution in [0.1, 0.15) is 168 Å². The van der Waals surface area contributed by atoms with Gasteiger partial charge in [-0.2, -0.15) is 0 Å². The molecule has 0 spiro atoms. The van der Waals surface area contributed by atoms with Crippen LogP contribution < -0.4 is 5.32 Å². The number of aliphatic hydroxyl groups is 2. The Labute approximate surface area is 261 Å². The van der Waals surface area contributed by atoms with Gasteiger partial charge in [0.1, 0.15) is 0 Å². The molecule has 244 valence electrons. The van der Waals surface area contributed by atoms with Gasteiger partial charge in [-0.15, -0.1) is 0 Å². The fraction of sp³-hybridized carbons (Fsp3) is 0.763. The van der Waals surface area contributed by atoms with E-state index in [0.29, 0.717) is 12.8 Å². The van der Waals surface area contributed by atoms with Crippen LogP contribution in [-0.2, 0) is 4.79 Å². The summed E-state index contributed by atoms with van der Waals surface area (Å²) in [6.07, 6.45) is 44.5. The van der Waals surface area contributed by atoms with Gasteiger partial charge in [-0.1, -0.05) is 159 Å². The van der Waals surface area contributed by atoms with E-state index in [1.165, 1.54) is 83.5 Å². The number of hydrogen-bond donors (Lipinski definition) is 3. The molecule has 0 radical (unpaired) electrons. The van der Waals surface area contributed by atoms with Gasteiger partial charge in [-0.05, 0) is 51.4 Å². The lowest BCUT2D eigenvalue weighted by Crippen LogP contribution is -2.45. The molecule has 4 nitrogen and oxygen atoms in total. The van der Waals surface area contributed by atoms with Gasteiger partial charge in [0.2, 0.25) is 5.91 Å².